The molecule has 0 spiro atoms. The van der Waals surface area contributed by atoms with Crippen molar-refractivity contribution < 1.29 is 29.1 Å². The lowest BCUT2D eigenvalue weighted by Gasteiger charge is -2.29. The van der Waals surface area contributed by atoms with E-state index in [-0.39, 0.29) is 11.7 Å². The smallest absolute Gasteiger partial charge is 0.295 e. The van der Waals surface area contributed by atoms with E-state index in [0.29, 0.717) is 37.6 Å². The van der Waals surface area contributed by atoms with E-state index in [2.05, 4.69) is 0 Å². The van der Waals surface area contributed by atoms with Crippen LogP contribution in [0.25, 0.3) is 5.76 Å². The number of rotatable bonds is 7. The molecule has 4 rings (SSSR count). The van der Waals surface area contributed by atoms with Gasteiger partial charge in [-0.3, -0.25) is 9.59 Å². The van der Waals surface area contributed by atoms with Crippen LogP contribution in [0.15, 0.2) is 47.4 Å². The topological polar surface area (TPSA) is 83.3 Å². The summed E-state index contributed by atoms with van der Waals surface area (Å²) in [4.78, 5) is 29.7. The molecule has 1 unspecified atom stereocenters. The average molecular weight is 457 g/mol. The number of carbonyl (C=O) groups is 2. The summed E-state index contributed by atoms with van der Waals surface area (Å²) in [5, 5.41) is 15.3. The summed E-state index contributed by atoms with van der Waals surface area (Å²) in [7, 11) is 0. The molecule has 2 aliphatic heterocycles. The number of morpholine rings is 1. The summed E-state index contributed by atoms with van der Waals surface area (Å²) in [6, 6.07) is 9.84. The number of likely N-dealkylation sites (tertiary alicyclic amines) is 1. The van der Waals surface area contributed by atoms with Crippen LogP contribution in [-0.2, 0) is 14.3 Å². The summed E-state index contributed by atoms with van der Waals surface area (Å²) in [6.45, 7) is 8.13. The van der Waals surface area contributed by atoms with Gasteiger partial charge in [-0.25, -0.2) is 0 Å². The number of ketones is 1. The van der Waals surface area contributed by atoms with Crippen LogP contribution in [0.3, 0.4) is 0 Å². The highest BCUT2D eigenvalue weighted by Crippen LogP contribution is 2.40. The molecule has 1 aromatic carbocycles. The molecule has 1 N–H and O–H groups in total. The largest absolute Gasteiger partial charge is 0.872 e. The van der Waals surface area contributed by atoms with Gasteiger partial charge in [-0.15, -0.1) is 11.3 Å². The number of Topliss-reactive ketones (excluding diaryl/α,β-unsaturated/α-hetero) is 1. The predicted molar refractivity (Wildman–Crippen MR) is 119 cm³/mol. The molecular formula is C24H28N2O5S. The Morgan fingerprint density at radius 1 is 1.22 bits per heavy atom. The minimum Gasteiger partial charge on any atom is -0.872 e. The quantitative estimate of drug-likeness (QED) is 0.376. The highest BCUT2D eigenvalue weighted by atomic mass is 32.1. The number of hydrogen-bond donors (Lipinski definition) is 1. The van der Waals surface area contributed by atoms with Gasteiger partial charge in [0.15, 0.2) is 0 Å². The third kappa shape index (κ3) is 4.72. The Morgan fingerprint density at radius 3 is 2.56 bits per heavy atom. The molecule has 1 atom stereocenters. The van der Waals surface area contributed by atoms with Crippen molar-refractivity contribution in [2.45, 2.75) is 26.0 Å². The second-order valence-electron chi connectivity index (χ2n) is 8.29. The number of nitrogens with zero attached hydrogens (tertiary/aromatic N) is 1. The van der Waals surface area contributed by atoms with Crippen LogP contribution >= 0.6 is 11.3 Å². The molecule has 2 aromatic rings. The van der Waals surface area contributed by atoms with Crippen molar-refractivity contribution >= 4 is 28.8 Å². The lowest BCUT2D eigenvalue weighted by Crippen LogP contribution is -3.14. The van der Waals surface area contributed by atoms with Crippen LogP contribution in [0.5, 0.6) is 5.75 Å². The Balaban J connectivity index is 1.64. The first-order chi connectivity index (χ1) is 15.5. The van der Waals surface area contributed by atoms with Crippen molar-refractivity contribution in [2.24, 2.45) is 0 Å². The molecule has 0 bridgehead atoms. The van der Waals surface area contributed by atoms with E-state index in [1.807, 2.05) is 31.4 Å². The Kier molecular flexibility index (Phi) is 6.93. The van der Waals surface area contributed by atoms with E-state index >= 15 is 0 Å². The van der Waals surface area contributed by atoms with Crippen molar-refractivity contribution in [1.82, 2.24) is 4.90 Å². The van der Waals surface area contributed by atoms with Gasteiger partial charge in [0.2, 0.25) is 5.78 Å². The van der Waals surface area contributed by atoms with Crippen molar-refractivity contribution in [2.75, 3.05) is 39.4 Å². The predicted octanol–water partition coefficient (Wildman–Crippen LogP) is 0.674. The number of benzene rings is 1. The fraction of sp³-hybridized carbons (Fsp3) is 0.417. The van der Waals surface area contributed by atoms with Crippen molar-refractivity contribution in [3.8, 4) is 5.75 Å². The zero-order valence-electron chi connectivity index (χ0n) is 18.3. The van der Waals surface area contributed by atoms with Crippen LogP contribution in [0.1, 0.15) is 30.3 Å². The first kappa shape index (κ1) is 22.5. The molecule has 2 aliphatic rings. The maximum absolute atomic E-state index is 13.4. The molecule has 7 nitrogen and oxygen atoms in total. The van der Waals surface area contributed by atoms with Crippen LogP contribution < -0.4 is 14.7 Å². The van der Waals surface area contributed by atoms with Gasteiger partial charge in [-0.1, -0.05) is 24.0 Å². The summed E-state index contributed by atoms with van der Waals surface area (Å²) in [6.07, 6.45) is 0.0188. The fourth-order valence-corrected chi connectivity index (χ4v) is 4.99. The third-order valence-electron chi connectivity index (χ3n) is 5.74. The monoisotopic (exact) mass is 456 g/mol. The van der Waals surface area contributed by atoms with Crippen molar-refractivity contribution in [3.63, 3.8) is 0 Å². The summed E-state index contributed by atoms with van der Waals surface area (Å²) < 4.78 is 11.0. The van der Waals surface area contributed by atoms with E-state index in [9.17, 15) is 14.7 Å². The summed E-state index contributed by atoms with van der Waals surface area (Å²) >= 11 is 1.45. The first-order valence-electron chi connectivity index (χ1n) is 10.9. The number of quaternary nitrogens is 1. The number of hydrogen-bond acceptors (Lipinski definition) is 6. The normalized spacial score (nSPS) is 21.5. The molecule has 0 saturated carbocycles. The molecule has 1 amide bonds. The summed E-state index contributed by atoms with van der Waals surface area (Å²) in [5.74, 6) is -1.05. The molecule has 1 aromatic heterocycles. The van der Waals surface area contributed by atoms with Gasteiger partial charge >= 0.3 is 0 Å². The molecule has 2 saturated heterocycles. The lowest BCUT2D eigenvalue weighted by molar-refractivity contribution is -0.907. The minimum absolute atomic E-state index is 0.0188. The van der Waals surface area contributed by atoms with Gasteiger partial charge in [-0.2, -0.15) is 0 Å². The van der Waals surface area contributed by atoms with Crippen LogP contribution in [0, 0.1) is 0 Å². The van der Waals surface area contributed by atoms with Gasteiger partial charge < -0.3 is 24.4 Å². The average Bonchev–Trinajstić information content (AvgIpc) is 3.40. The molecule has 32 heavy (non-hydrogen) atoms. The first-order valence-corrected chi connectivity index (χ1v) is 11.8. The third-order valence-corrected chi connectivity index (χ3v) is 6.66. The van der Waals surface area contributed by atoms with E-state index < -0.39 is 23.5 Å². The SMILES string of the molecule is CC(C)Oc1ccc(/C([O-])=C2\C(=O)C(=O)N(CC[NH+]3CCOCC3)C2c2cccs2)cc1. The van der Waals surface area contributed by atoms with Crippen molar-refractivity contribution in [3.05, 3.63) is 57.8 Å². The van der Waals surface area contributed by atoms with Gasteiger partial charge in [0, 0.05) is 10.5 Å². The molecular weight excluding hydrogens is 428 g/mol. The van der Waals surface area contributed by atoms with Gasteiger partial charge in [-0.05, 0) is 43.0 Å². The number of amides is 1. The number of nitrogens with one attached hydrogen (secondary N) is 1. The highest BCUT2D eigenvalue weighted by molar-refractivity contribution is 7.10. The second kappa shape index (κ2) is 9.85. The molecule has 170 valence electrons. The molecule has 0 radical (unpaired) electrons. The van der Waals surface area contributed by atoms with Gasteiger partial charge in [0.1, 0.15) is 18.8 Å². The van der Waals surface area contributed by atoms with Crippen LogP contribution in [0.2, 0.25) is 0 Å². The fourth-order valence-electron chi connectivity index (χ4n) is 4.14. The second-order valence-corrected chi connectivity index (χ2v) is 9.27. The highest BCUT2D eigenvalue weighted by Gasteiger charge is 2.44. The lowest BCUT2D eigenvalue weighted by atomic mass is 10.00. The molecule has 3 heterocycles. The maximum Gasteiger partial charge on any atom is 0.295 e. The Bertz CT molecular complexity index is 978. The Morgan fingerprint density at radius 2 is 1.94 bits per heavy atom. The number of thiophene rings is 1. The van der Waals surface area contributed by atoms with Crippen LogP contribution in [-0.4, -0.2) is 62.1 Å². The van der Waals surface area contributed by atoms with E-state index in [4.69, 9.17) is 9.47 Å². The van der Waals surface area contributed by atoms with E-state index in [0.717, 1.165) is 18.0 Å². The summed E-state index contributed by atoms with van der Waals surface area (Å²) in [5.41, 5.74) is 0.409. The van der Waals surface area contributed by atoms with E-state index in [1.165, 1.54) is 16.2 Å². The van der Waals surface area contributed by atoms with Gasteiger partial charge in [0.05, 0.1) is 38.4 Å². The minimum atomic E-state index is -0.701. The number of carbonyl (C=O) groups excluding carboxylic acids is 2. The van der Waals surface area contributed by atoms with E-state index in [1.54, 1.807) is 29.2 Å². The Labute approximate surface area is 191 Å². The van der Waals surface area contributed by atoms with Crippen molar-refractivity contribution in [1.29, 1.82) is 0 Å². The zero-order chi connectivity index (χ0) is 22.7. The molecule has 8 heteroatoms. The Hall–Kier alpha value is -2.68. The van der Waals surface area contributed by atoms with Crippen LogP contribution in [0.4, 0.5) is 0 Å². The maximum atomic E-state index is 13.4. The molecule has 2 fully saturated rings. The number of ether oxygens (including phenoxy) is 2. The standard InChI is InChI=1S/C24H28N2O5S/c1-16(2)31-18-7-5-17(6-8-18)22(27)20-21(19-4-3-15-32-19)26(24(29)23(20)28)10-9-25-11-13-30-14-12-25/h3-8,15-16,21,27H,9-14H2,1-2H3/b22-20+. The molecule has 0 aliphatic carbocycles. The van der Waals surface area contributed by atoms with Gasteiger partial charge in [0.25, 0.3) is 5.91 Å². The zero-order valence-corrected chi connectivity index (χ0v) is 19.2.